The number of para-hydroxylation sites is 1. The van der Waals surface area contributed by atoms with Gasteiger partial charge in [-0.3, -0.25) is 4.79 Å². The Labute approximate surface area is 158 Å². The van der Waals surface area contributed by atoms with Crippen molar-refractivity contribution in [1.29, 1.82) is 0 Å². The Kier molecular flexibility index (Phi) is 5.39. The van der Waals surface area contributed by atoms with E-state index in [-0.39, 0.29) is 11.3 Å². The van der Waals surface area contributed by atoms with Gasteiger partial charge in [-0.25, -0.2) is 4.98 Å². The average molecular weight is 369 g/mol. The van der Waals surface area contributed by atoms with Gasteiger partial charge in [-0.05, 0) is 35.2 Å². The van der Waals surface area contributed by atoms with Crippen LogP contribution in [0.4, 0.5) is 5.69 Å². The fraction of sp³-hybridized carbons (Fsp3) is 0.333. The first kappa shape index (κ1) is 18.5. The highest BCUT2D eigenvalue weighted by molar-refractivity contribution is 7.18. The summed E-state index contributed by atoms with van der Waals surface area (Å²) in [6.07, 6.45) is 0. The second-order valence-electron chi connectivity index (χ2n) is 7.76. The second kappa shape index (κ2) is 7.56. The molecule has 3 rings (SSSR count). The molecule has 0 aliphatic carbocycles. The molecule has 136 valence electrons. The molecule has 0 radical (unpaired) electrons. The van der Waals surface area contributed by atoms with Crippen LogP contribution in [-0.4, -0.2) is 24.5 Å². The molecule has 3 aromatic rings. The van der Waals surface area contributed by atoms with Gasteiger partial charge in [0.1, 0.15) is 11.6 Å². The Morgan fingerprint density at radius 1 is 1.12 bits per heavy atom. The first-order valence-electron chi connectivity index (χ1n) is 8.87. The Morgan fingerprint density at radius 2 is 1.81 bits per heavy atom. The van der Waals surface area contributed by atoms with Crippen LogP contribution in [0.2, 0.25) is 0 Å². The topological polar surface area (TPSA) is 46.4 Å². The van der Waals surface area contributed by atoms with Gasteiger partial charge in [0.2, 0.25) is 0 Å². The molecule has 0 saturated carbocycles. The number of benzene rings is 2. The van der Waals surface area contributed by atoms with Crippen LogP contribution >= 0.6 is 11.3 Å². The lowest BCUT2D eigenvalue weighted by atomic mass is 9.87. The lowest BCUT2D eigenvalue weighted by molar-refractivity contribution is -0.885. The van der Waals surface area contributed by atoms with E-state index in [1.54, 1.807) is 11.3 Å². The number of fused-ring (bicyclic) bond motifs is 1. The number of nitrogens with zero attached hydrogens (tertiary/aromatic N) is 1. The smallest absolute Gasteiger partial charge is 0.279 e. The number of likely N-dealkylation sites (N-methyl/N-ethyl adjacent to an activating group) is 1. The zero-order valence-electron chi connectivity index (χ0n) is 15.8. The van der Waals surface area contributed by atoms with E-state index in [1.807, 2.05) is 37.4 Å². The number of amides is 1. The standard InChI is InChI=1S/C21H25N3OS/c1-21(2,3)15-9-11-16(12-10-15)22-19(25)13-24(4)14-20-23-17-7-5-6-8-18(17)26-20/h5-12H,13-14H2,1-4H3,(H,22,25)/p+1. The van der Waals surface area contributed by atoms with Crippen LogP contribution in [0.1, 0.15) is 31.3 Å². The van der Waals surface area contributed by atoms with Crippen LogP contribution < -0.4 is 10.2 Å². The van der Waals surface area contributed by atoms with Crippen LogP contribution in [0, 0.1) is 0 Å². The number of rotatable bonds is 5. The van der Waals surface area contributed by atoms with Crippen molar-refractivity contribution in [3.8, 4) is 0 Å². The third kappa shape index (κ3) is 4.68. The number of thiazole rings is 1. The highest BCUT2D eigenvalue weighted by Gasteiger charge is 2.15. The lowest BCUT2D eigenvalue weighted by Crippen LogP contribution is -3.08. The van der Waals surface area contributed by atoms with Crippen LogP contribution in [-0.2, 0) is 16.8 Å². The van der Waals surface area contributed by atoms with E-state index in [4.69, 9.17) is 0 Å². The summed E-state index contributed by atoms with van der Waals surface area (Å²) in [5.74, 6) is 0.0205. The zero-order valence-corrected chi connectivity index (χ0v) is 16.6. The molecule has 0 fully saturated rings. The van der Waals surface area contributed by atoms with Gasteiger partial charge < -0.3 is 10.2 Å². The van der Waals surface area contributed by atoms with Crippen LogP contribution in [0.25, 0.3) is 10.2 Å². The third-order valence-corrected chi connectivity index (χ3v) is 5.32. The van der Waals surface area contributed by atoms with Gasteiger partial charge in [-0.1, -0.05) is 45.0 Å². The van der Waals surface area contributed by atoms with Crippen LogP contribution in [0.15, 0.2) is 48.5 Å². The molecule has 0 bridgehead atoms. The van der Waals surface area contributed by atoms with Crippen molar-refractivity contribution in [3.63, 3.8) is 0 Å². The van der Waals surface area contributed by atoms with Gasteiger partial charge in [0.25, 0.3) is 5.91 Å². The molecule has 1 heterocycles. The SMILES string of the molecule is C[NH+](CC(=O)Nc1ccc(C(C)(C)C)cc1)Cc1nc2ccccc2s1. The normalized spacial score (nSPS) is 12.9. The predicted molar refractivity (Wildman–Crippen MR) is 109 cm³/mol. The molecule has 0 aliphatic rings. The number of hydrogen-bond acceptors (Lipinski definition) is 3. The molecular weight excluding hydrogens is 342 g/mol. The number of aromatic nitrogens is 1. The van der Waals surface area contributed by atoms with Gasteiger partial charge in [-0.2, -0.15) is 0 Å². The number of anilines is 1. The molecule has 1 aromatic heterocycles. The molecule has 1 atom stereocenters. The van der Waals surface area contributed by atoms with E-state index < -0.39 is 0 Å². The minimum absolute atomic E-state index is 0.0205. The Bertz CT molecular complexity index is 861. The van der Waals surface area contributed by atoms with E-state index in [2.05, 4.69) is 49.3 Å². The average Bonchev–Trinajstić information content (AvgIpc) is 2.96. The second-order valence-corrected chi connectivity index (χ2v) is 8.88. The fourth-order valence-corrected chi connectivity index (χ4v) is 3.93. The molecule has 4 nitrogen and oxygen atoms in total. The number of carbonyl (C=O) groups excluding carboxylic acids is 1. The highest BCUT2D eigenvalue weighted by Crippen LogP contribution is 2.23. The lowest BCUT2D eigenvalue weighted by Gasteiger charge is -2.19. The number of hydrogen-bond donors (Lipinski definition) is 2. The van der Waals surface area contributed by atoms with E-state index >= 15 is 0 Å². The molecule has 1 unspecified atom stereocenters. The van der Waals surface area contributed by atoms with Crippen LogP contribution in [0.3, 0.4) is 0 Å². The van der Waals surface area contributed by atoms with Gasteiger partial charge >= 0.3 is 0 Å². The fourth-order valence-electron chi connectivity index (χ4n) is 2.85. The third-order valence-electron chi connectivity index (χ3n) is 4.29. The Morgan fingerprint density at radius 3 is 2.46 bits per heavy atom. The molecule has 1 amide bonds. The van der Waals surface area contributed by atoms with Crippen molar-refractivity contribution in [3.05, 3.63) is 59.1 Å². The Balaban J connectivity index is 1.55. The summed E-state index contributed by atoms with van der Waals surface area (Å²) in [7, 11) is 2.02. The van der Waals surface area contributed by atoms with Crippen molar-refractivity contribution in [2.45, 2.75) is 32.7 Å². The molecule has 26 heavy (non-hydrogen) atoms. The van der Waals surface area contributed by atoms with Crippen molar-refractivity contribution >= 4 is 33.1 Å². The minimum atomic E-state index is 0.0205. The van der Waals surface area contributed by atoms with Crippen LogP contribution in [0.5, 0.6) is 0 Å². The maximum Gasteiger partial charge on any atom is 0.279 e. The largest absolute Gasteiger partial charge is 0.324 e. The van der Waals surface area contributed by atoms with Crippen molar-refractivity contribution < 1.29 is 9.69 Å². The molecule has 0 saturated heterocycles. The van der Waals surface area contributed by atoms with Crippen molar-refractivity contribution in [1.82, 2.24) is 4.98 Å². The molecule has 2 N–H and O–H groups in total. The summed E-state index contributed by atoms with van der Waals surface area (Å²) in [6, 6.07) is 16.2. The molecule has 2 aromatic carbocycles. The maximum absolute atomic E-state index is 12.3. The first-order valence-corrected chi connectivity index (χ1v) is 9.69. The monoisotopic (exact) mass is 368 g/mol. The number of nitrogens with one attached hydrogen (secondary N) is 2. The maximum atomic E-state index is 12.3. The molecular formula is C21H26N3OS+. The summed E-state index contributed by atoms with van der Waals surface area (Å²) in [5.41, 5.74) is 3.25. The quantitative estimate of drug-likeness (QED) is 0.726. The Hall–Kier alpha value is -2.24. The molecule has 0 aliphatic heterocycles. The van der Waals surface area contributed by atoms with E-state index in [0.29, 0.717) is 6.54 Å². The zero-order chi connectivity index (χ0) is 18.7. The van der Waals surface area contributed by atoms with Gasteiger partial charge in [-0.15, -0.1) is 11.3 Å². The van der Waals surface area contributed by atoms with E-state index in [1.165, 1.54) is 10.3 Å². The van der Waals surface area contributed by atoms with Gasteiger partial charge in [0.05, 0.1) is 17.3 Å². The summed E-state index contributed by atoms with van der Waals surface area (Å²) < 4.78 is 1.19. The summed E-state index contributed by atoms with van der Waals surface area (Å²) in [5, 5.41) is 4.05. The van der Waals surface area contributed by atoms with E-state index in [0.717, 1.165) is 27.7 Å². The number of carbonyl (C=O) groups is 1. The minimum Gasteiger partial charge on any atom is -0.324 e. The van der Waals surface area contributed by atoms with E-state index in [9.17, 15) is 4.79 Å². The first-order chi connectivity index (χ1) is 12.3. The summed E-state index contributed by atoms with van der Waals surface area (Å²) >= 11 is 1.70. The summed E-state index contributed by atoms with van der Waals surface area (Å²) in [6.45, 7) is 7.70. The molecule has 0 spiro atoms. The molecule has 5 heteroatoms. The van der Waals surface area contributed by atoms with Gasteiger partial charge in [0.15, 0.2) is 6.54 Å². The number of quaternary nitrogens is 1. The predicted octanol–water partition coefficient (Wildman–Crippen LogP) is 3.25. The van der Waals surface area contributed by atoms with Crippen molar-refractivity contribution in [2.75, 3.05) is 18.9 Å². The van der Waals surface area contributed by atoms with Crippen molar-refractivity contribution in [2.24, 2.45) is 0 Å². The van der Waals surface area contributed by atoms with Gasteiger partial charge in [0, 0.05) is 5.69 Å². The summed E-state index contributed by atoms with van der Waals surface area (Å²) in [4.78, 5) is 18.1. The highest BCUT2D eigenvalue weighted by atomic mass is 32.1.